The normalized spacial score (nSPS) is 12.1. The van der Waals surface area contributed by atoms with Gasteiger partial charge in [-0.1, -0.05) is 0 Å². The number of nitriles is 1. The van der Waals surface area contributed by atoms with E-state index < -0.39 is 0 Å². The molecule has 0 aliphatic carbocycles. The van der Waals surface area contributed by atoms with E-state index in [9.17, 15) is 4.39 Å². The van der Waals surface area contributed by atoms with Gasteiger partial charge in [-0.2, -0.15) is 17.0 Å². The first kappa shape index (κ1) is 13.0. The van der Waals surface area contributed by atoms with E-state index in [4.69, 9.17) is 5.26 Å². The van der Waals surface area contributed by atoms with Crippen molar-refractivity contribution in [1.82, 2.24) is 5.32 Å². The second-order valence-corrected chi connectivity index (χ2v) is 4.56. The highest BCUT2D eigenvalue weighted by Crippen LogP contribution is 2.10. The first-order valence-electron chi connectivity index (χ1n) is 5.08. The highest BCUT2D eigenvalue weighted by atomic mass is 32.2. The van der Waals surface area contributed by atoms with Crippen LogP contribution in [-0.2, 0) is 6.54 Å². The number of hydrogen-bond donors (Lipinski definition) is 1. The summed E-state index contributed by atoms with van der Waals surface area (Å²) in [5.41, 5.74) is 1.25. The van der Waals surface area contributed by atoms with Gasteiger partial charge < -0.3 is 5.32 Å². The van der Waals surface area contributed by atoms with Gasteiger partial charge in [0, 0.05) is 18.3 Å². The zero-order chi connectivity index (χ0) is 12.0. The van der Waals surface area contributed by atoms with Gasteiger partial charge in [0.05, 0.1) is 11.6 Å². The molecule has 16 heavy (non-hydrogen) atoms. The summed E-state index contributed by atoms with van der Waals surface area (Å²) in [6.45, 7) is 2.60. The van der Waals surface area contributed by atoms with E-state index >= 15 is 0 Å². The molecule has 0 amide bonds. The molecule has 0 aromatic heterocycles. The van der Waals surface area contributed by atoms with Crippen LogP contribution in [0.5, 0.6) is 0 Å². The number of nitrogens with zero attached hydrogens (tertiary/aromatic N) is 1. The third-order valence-corrected chi connectivity index (χ3v) is 3.08. The lowest BCUT2D eigenvalue weighted by atomic mass is 10.1. The predicted molar refractivity (Wildman–Crippen MR) is 65.8 cm³/mol. The molecule has 1 unspecified atom stereocenters. The maximum atomic E-state index is 13.0. The number of benzene rings is 1. The fourth-order valence-electron chi connectivity index (χ4n) is 1.41. The number of rotatable bonds is 5. The summed E-state index contributed by atoms with van der Waals surface area (Å²) < 4.78 is 13.0. The van der Waals surface area contributed by atoms with Gasteiger partial charge in [0.1, 0.15) is 5.82 Å². The molecule has 0 fully saturated rings. The van der Waals surface area contributed by atoms with Crippen LogP contribution >= 0.6 is 11.8 Å². The summed E-state index contributed by atoms with van der Waals surface area (Å²) in [5, 5.41) is 12.1. The second-order valence-electron chi connectivity index (χ2n) is 3.65. The fourth-order valence-corrected chi connectivity index (χ4v) is 2.03. The minimum atomic E-state index is -0.298. The summed E-state index contributed by atoms with van der Waals surface area (Å²) in [5.74, 6) is 0.699. The number of thioether (sulfide) groups is 1. The van der Waals surface area contributed by atoms with Crippen LogP contribution in [0.15, 0.2) is 18.2 Å². The minimum absolute atomic E-state index is 0.298. The average Bonchev–Trinajstić information content (AvgIpc) is 2.27. The van der Waals surface area contributed by atoms with E-state index in [0.717, 1.165) is 11.3 Å². The Bertz CT molecular complexity index is 387. The summed E-state index contributed by atoms with van der Waals surface area (Å²) >= 11 is 1.76. The number of hydrogen-bond acceptors (Lipinski definition) is 3. The van der Waals surface area contributed by atoms with E-state index in [1.165, 1.54) is 18.2 Å². The third-order valence-electron chi connectivity index (χ3n) is 2.25. The van der Waals surface area contributed by atoms with E-state index in [1.54, 1.807) is 11.8 Å². The monoisotopic (exact) mass is 238 g/mol. The Labute approximate surface area is 99.9 Å². The standard InChI is InChI=1S/C12H15FN2S/c1-9(8-16-2)15-7-11-5-12(13)4-3-10(11)6-14/h3-5,9,15H,7-8H2,1-2H3. The lowest BCUT2D eigenvalue weighted by molar-refractivity contribution is 0.586. The van der Waals surface area contributed by atoms with Crippen LogP contribution in [0.4, 0.5) is 4.39 Å². The largest absolute Gasteiger partial charge is 0.309 e. The van der Waals surface area contributed by atoms with Gasteiger partial charge in [-0.05, 0) is 36.9 Å². The van der Waals surface area contributed by atoms with Crippen LogP contribution in [0.25, 0.3) is 0 Å². The van der Waals surface area contributed by atoms with Crippen molar-refractivity contribution in [2.24, 2.45) is 0 Å². The molecular weight excluding hydrogens is 223 g/mol. The van der Waals surface area contributed by atoms with Crippen molar-refractivity contribution in [1.29, 1.82) is 5.26 Å². The van der Waals surface area contributed by atoms with Crippen molar-refractivity contribution in [3.05, 3.63) is 35.1 Å². The van der Waals surface area contributed by atoms with Crippen LogP contribution in [0.1, 0.15) is 18.1 Å². The molecule has 0 saturated carbocycles. The van der Waals surface area contributed by atoms with Crippen LogP contribution in [-0.4, -0.2) is 18.1 Å². The van der Waals surface area contributed by atoms with Crippen molar-refractivity contribution in [2.75, 3.05) is 12.0 Å². The fraction of sp³-hybridized carbons (Fsp3) is 0.417. The van der Waals surface area contributed by atoms with Crippen LogP contribution in [0.3, 0.4) is 0 Å². The molecule has 0 aliphatic rings. The van der Waals surface area contributed by atoms with Crippen LogP contribution < -0.4 is 5.32 Å². The molecule has 86 valence electrons. The Morgan fingerprint density at radius 3 is 2.94 bits per heavy atom. The van der Waals surface area contributed by atoms with E-state index in [2.05, 4.69) is 18.3 Å². The first-order valence-corrected chi connectivity index (χ1v) is 6.47. The molecular formula is C12H15FN2S. The smallest absolute Gasteiger partial charge is 0.123 e. The summed E-state index contributed by atoms with van der Waals surface area (Å²) in [6, 6.07) is 6.66. The average molecular weight is 238 g/mol. The molecule has 0 bridgehead atoms. The van der Waals surface area contributed by atoms with Gasteiger partial charge in [0.2, 0.25) is 0 Å². The lowest BCUT2D eigenvalue weighted by Crippen LogP contribution is -2.27. The number of halogens is 1. The molecule has 4 heteroatoms. The lowest BCUT2D eigenvalue weighted by Gasteiger charge is -2.13. The third kappa shape index (κ3) is 3.84. The Hall–Kier alpha value is -1.05. The second kappa shape index (κ2) is 6.51. The molecule has 1 aromatic carbocycles. The Morgan fingerprint density at radius 2 is 2.31 bits per heavy atom. The molecule has 1 N–H and O–H groups in total. The summed E-state index contributed by atoms with van der Waals surface area (Å²) in [6.07, 6.45) is 2.04. The highest BCUT2D eigenvalue weighted by molar-refractivity contribution is 7.98. The maximum absolute atomic E-state index is 13.0. The van der Waals surface area contributed by atoms with Crippen molar-refractivity contribution in [2.45, 2.75) is 19.5 Å². The van der Waals surface area contributed by atoms with E-state index in [0.29, 0.717) is 18.2 Å². The predicted octanol–water partition coefficient (Wildman–Crippen LogP) is 2.54. The zero-order valence-corrected chi connectivity index (χ0v) is 10.3. The van der Waals surface area contributed by atoms with E-state index in [-0.39, 0.29) is 5.82 Å². The molecule has 0 heterocycles. The van der Waals surface area contributed by atoms with Crippen molar-refractivity contribution in [3.8, 4) is 6.07 Å². The SMILES string of the molecule is CSCC(C)NCc1cc(F)ccc1C#N. The molecule has 1 aromatic rings. The van der Waals surface area contributed by atoms with Gasteiger partial charge in [-0.25, -0.2) is 4.39 Å². The quantitative estimate of drug-likeness (QED) is 0.856. The van der Waals surface area contributed by atoms with Crippen molar-refractivity contribution >= 4 is 11.8 Å². The molecule has 0 radical (unpaired) electrons. The zero-order valence-electron chi connectivity index (χ0n) is 9.46. The summed E-state index contributed by atoms with van der Waals surface area (Å²) in [4.78, 5) is 0. The first-order chi connectivity index (χ1) is 7.67. The van der Waals surface area contributed by atoms with Gasteiger partial charge in [0.25, 0.3) is 0 Å². The Morgan fingerprint density at radius 1 is 1.56 bits per heavy atom. The Balaban J connectivity index is 2.66. The van der Waals surface area contributed by atoms with Crippen LogP contribution in [0.2, 0.25) is 0 Å². The summed E-state index contributed by atoms with van der Waals surface area (Å²) in [7, 11) is 0. The van der Waals surface area contributed by atoms with Gasteiger partial charge in [0.15, 0.2) is 0 Å². The van der Waals surface area contributed by atoms with Crippen molar-refractivity contribution < 1.29 is 4.39 Å². The Kier molecular flexibility index (Phi) is 5.30. The maximum Gasteiger partial charge on any atom is 0.123 e. The molecule has 1 rings (SSSR count). The molecule has 1 atom stereocenters. The van der Waals surface area contributed by atoms with Gasteiger partial charge >= 0.3 is 0 Å². The molecule has 2 nitrogen and oxygen atoms in total. The van der Waals surface area contributed by atoms with Crippen molar-refractivity contribution in [3.63, 3.8) is 0 Å². The number of nitrogens with one attached hydrogen (secondary N) is 1. The van der Waals surface area contributed by atoms with Gasteiger partial charge in [-0.3, -0.25) is 0 Å². The van der Waals surface area contributed by atoms with Gasteiger partial charge in [-0.15, -0.1) is 0 Å². The minimum Gasteiger partial charge on any atom is -0.309 e. The highest BCUT2D eigenvalue weighted by Gasteiger charge is 2.05. The topological polar surface area (TPSA) is 35.8 Å². The molecule has 0 aliphatic heterocycles. The molecule has 0 saturated heterocycles. The van der Waals surface area contributed by atoms with Crippen LogP contribution in [0, 0.1) is 17.1 Å². The van der Waals surface area contributed by atoms with E-state index in [1.807, 2.05) is 6.26 Å². The molecule has 0 spiro atoms.